The molecule has 0 unspecified atom stereocenters. The third-order valence-electron chi connectivity index (χ3n) is 5.81. The van der Waals surface area contributed by atoms with Crippen LogP contribution < -0.4 is 10.6 Å². The van der Waals surface area contributed by atoms with Crippen molar-refractivity contribution in [1.82, 2.24) is 15.1 Å². The Morgan fingerprint density at radius 2 is 1.74 bits per heavy atom. The van der Waals surface area contributed by atoms with E-state index in [-0.39, 0.29) is 31.4 Å². The van der Waals surface area contributed by atoms with Crippen molar-refractivity contribution < 1.29 is 24.2 Å². The fraction of sp³-hybridized carbons (Fsp3) is 0.280. The van der Waals surface area contributed by atoms with Gasteiger partial charge in [0.2, 0.25) is 5.91 Å². The highest BCUT2D eigenvalue weighted by atomic mass is 16.5. The Morgan fingerprint density at radius 1 is 1.09 bits per heavy atom. The van der Waals surface area contributed by atoms with E-state index in [1.807, 2.05) is 24.3 Å². The molecule has 176 valence electrons. The molecule has 1 aromatic heterocycles. The summed E-state index contributed by atoms with van der Waals surface area (Å²) in [5, 5.41) is 18.3. The topological polar surface area (TPSA) is 123 Å². The van der Waals surface area contributed by atoms with Gasteiger partial charge in [0, 0.05) is 18.2 Å². The van der Waals surface area contributed by atoms with Crippen molar-refractivity contribution >= 4 is 23.7 Å². The second-order valence-corrected chi connectivity index (χ2v) is 8.15. The molecule has 1 aliphatic rings. The molecule has 2 amide bonds. The van der Waals surface area contributed by atoms with Crippen LogP contribution >= 0.6 is 0 Å². The van der Waals surface area contributed by atoms with Gasteiger partial charge in [0.1, 0.15) is 13.2 Å². The van der Waals surface area contributed by atoms with Gasteiger partial charge in [0.25, 0.3) is 0 Å². The number of aliphatic carboxylic acids is 1. The lowest BCUT2D eigenvalue weighted by atomic mass is 9.98. The number of ether oxygens (including phenoxy) is 1. The number of rotatable bonds is 9. The van der Waals surface area contributed by atoms with Crippen molar-refractivity contribution in [3.8, 4) is 11.1 Å². The monoisotopic (exact) mass is 462 g/mol. The van der Waals surface area contributed by atoms with Crippen LogP contribution in [0.3, 0.4) is 0 Å². The highest BCUT2D eigenvalue weighted by Crippen LogP contribution is 2.44. The molecular formula is C25H26N4O5. The minimum absolute atomic E-state index is 0.0399. The van der Waals surface area contributed by atoms with E-state index in [9.17, 15) is 14.4 Å². The van der Waals surface area contributed by atoms with Gasteiger partial charge in [0.05, 0.1) is 18.3 Å². The van der Waals surface area contributed by atoms with E-state index >= 15 is 0 Å². The van der Waals surface area contributed by atoms with Crippen LogP contribution in [0.5, 0.6) is 0 Å². The van der Waals surface area contributed by atoms with E-state index < -0.39 is 18.1 Å². The molecule has 3 N–H and O–H groups in total. The maximum absolute atomic E-state index is 12.4. The molecule has 0 aliphatic heterocycles. The summed E-state index contributed by atoms with van der Waals surface area (Å²) in [6.45, 7) is 1.90. The lowest BCUT2D eigenvalue weighted by Crippen LogP contribution is -2.38. The van der Waals surface area contributed by atoms with E-state index in [4.69, 9.17) is 9.84 Å². The number of carboxylic acids is 1. The minimum Gasteiger partial charge on any atom is -0.481 e. The molecule has 3 aromatic rings. The number of carbonyl (C=O) groups is 3. The molecule has 1 aliphatic carbocycles. The predicted molar refractivity (Wildman–Crippen MR) is 125 cm³/mol. The summed E-state index contributed by atoms with van der Waals surface area (Å²) in [5.74, 6) is -1.37. The van der Waals surface area contributed by atoms with Gasteiger partial charge in [-0.2, -0.15) is 5.10 Å². The maximum Gasteiger partial charge on any atom is 0.411 e. The van der Waals surface area contributed by atoms with E-state index in [0.717, 1.165) is 22.3 Å². The van der Waals surface area contributed by atoms with E-state index in [2.05, 4.69) is 40.0 Å². The van der Waals surface area contributed by atoms with Crippen LogP contribution in [-0.4, -0.2) is 45.5 Å². The summed E-state index contributed by atoms with van der Waals surface area (Å²) in [7, 11) is 0. The lowest BCUT2D eigenvalue weighted by molar-refractivity contribution is -0.137. The summed E-state index contributed by atoms with van der Waals surface area (Å²) >= 11 is 0. The number of carboxylic acid groups (broad SMARTS) is 1. The molecular weight excluding hydrogens is 436 g/mol. The number of hydrogen-bond acceptors (Lipinski definition) is 5. The summed E-state index contributed by atoms with van der Waals surface area (Å²) in [4.78, 5) is 35.4. The molecule has 2 aromatic carbocycles. The quantitative estimate of drug-likeness (QED) is 0.446. The highest BCUT2D eigenvalue weighted by molar-refractivity contribution is 5.85. The van der Waals surface area contributed by atoms with Gasteiger partial charge >= 0.3 is 12.1 Å². The van der Waals surface area contributed by atoms with Gasteiger partial charge in [-0.25, -0.2) is 4.79 Å². The van der Waals surface area contributed by atoms with Crippen molar-refractivity contribution in [2.45, 2.75) is 38.3 Å². The summed E-state index contributed by atoms with van der Waals surface area (Å²) < 4.78 is 6.88. The first kappa shape index (κ1) is 23.0. The molecule has 9 nitrogen and oxygen atoms in total. The zero-order valence-corrected chi connectivity index (χ0v) is 18.7. The molecule has 0 bridgehead atoms. The van der Waals surface area contributed by atoms with Crippen LogP contribution in [-0.2, 0) is 20.9 Å². The number of carbonyl (C=O) groups excluding carboxylic acids is 2. The summed E-state index contributed by atoms with van der Waals surface area (Å²) in [5.41, 5.74) is 4.95. The number of nitrogens with zero attached hydrogens (tertiary/aromatic N) is 2. The average Bonchev–Trinajstić information content (AvgIpc) is 3.38. The number of benzene rings is 2. The zero-order chi connectivity index (χ0) is 24.1. The third kappa shape index (κ3) is 5.25. The van der Waals surface area contributed by atoms with Crippen LogP contribution in [0.2, 0.25) is 0 Å². The second kappa shape index (κ2) is 10.2. The first-order chi connectivity index (χ1) is 16.4. The average molecular weight is 463 g/mol. The minimum atomic E-state index is -0.971. The Morgan fingerprint density at radius 3 is 2.35 bits per heavy atom. The fourth-order valence-corrected chi connectivity index (χ4v) is 4.20. The van der Waals surface area contributed by atoms with Crippen molar-refractivity contribution in [3.63, 3.8) is 0 Å². The predicted octanol–water partition coefficient (Wildman–Crippen LogP) is 3.61. The first-order valence-electron chi connectivity index (χ1n) is 11.1. The summed E-state index contributed by atoms with van der Waals surface area (Å²) in [6, 6.07) is 15.8. The molecule has 34 heavy (non-hydrogen) atoms. The molecule has 0 saturated heterocycles. The Hall–Kier alpha value is -4.14. The maximum atomic E-state index is 12.4. The molecule has 0 spiro atoms. The van der Waals surface area contributed by atoms with Crippen LogP contribution in [0.15, 0.2) is 60.9 Å². The highest BCUT2D eigenvalue weighted by Gasteiger charge is 2.29. The van der Waals surface area contributed by atoms with Crippen LogP contribution in [0.1, 0.15) is 36.8 Å². The number of hydrogen-bond donors (Lipinski definition) is 3. The number of fused-ring (bicyclic) bond motifs is 3. The number of amides is 2. The molecule has 0 fully saturated rings. The van der Waals surface area contributed by atoms with Crippen molar-refractivity contribution in [3.05, 3.63) is 72.1 Å². The van der Waals surface area contributed by atoms with Crippen LogP contribution in [0.25, 0.3) is 11.1 Å². The van der Waals surface area contributed by atoms with E-state index in [1.54, 1.807) is 6.92 Å². The molecule has 1 heterocycles. The normalized spacial score (nSPS) is 13.0. The van der Waals surface area contributed by atoms with Crippen molar-refractivity contribution in [2.24, 2.45) is 0 Å². The molecule has 9 heteroatoms. The van der Waals surface area contributed by atoms with Gasteiger partial charge in [0.15, 0.2) is 0 Å². The van der Waals surface area contributed by atoms with E-state index in [1.165, 1.54) is 17.1 Å². The molecule has 1 atom stereocenters. The van der Waals surface area contributed by atoms with Gasteiger partial charge in [-0.3, -0.25) is 19.6 Å². The zero-order valence-electron chi connectivity index (χ0n) is 18.7. The van der Waals surface area contributed by atoms with Gasteiger partial charge in [-0.15, -0.1) is 0 Å². The SMILES string of the molecule is CC[C@@H](CC(=O)O)NC(=O)Cn1cc(NC(=O)OCC2c3ccccc3-c3ccccc32)cn1. The Bertz CT molecular complexity index is 1160. The van der Waals surface area contributed by atoms with Gasteiger partial charge < -0.3 is 15.2 Å². The number of aromatic nitrogens is 2. The van der Waals surface area contributed by atoms with Gasteiger partial charge in [-0.1, -0.05) is 55.5 Å². The Labute approximate surface area is 196 Å². The van der Waals surface area contributed by atoms with Crippen molar-refractivity contribution in [1.29, 1.82) is 0 Å². The molecule has 0 saturated carbocycles. The molecule has 0 radical (unpaired) electrons. The van der Waals surface area contributed by atoms with E-state index in [0.29, 0.717) is 12.1 Å². The molecule has 4 rings (SSSR count). The van der Waals surface area contributed by atoms with Crippen molar-refractivity contribution in [2.75, 3.05) is 11.9 Å². The fourth-order valence-electron chi connectivity index (χ4n) is 4.20. The van der Waals surface area contributed by atoms with Gasteiger partial charge in [-0.05, 0) is 28.7 Å². The first-order valence-corrected chi connectivity index (χ1v) is 11.1. The lowest BCUT2D eigenvalue weighted by Gasteiger charge is -2.14. The third-order valence-corrected chi connectivity index (χ3v) is 5.81. The second-order valence-electron chi connectivity index (χ2n) is 8.15. The summed E-state index contributed by atoms with van der Waals surface area (Å²) in [6.07, 6.45) is 2.68. The van der Waals surface area contributed by atoms with Crippen LogP contribution in [0.4, 0.5) is 10.5 Å². The largest absolute Gasteiger partial charge is 0.481 e. The number of anilines is 1. The number of nitrogens with one attached hydrogen (secondary N) is 2. The smallest absolute Gasteiger partial charge is 0.411 e. The Kier molecular flexibility index (Phi) is 6.91. The van der Waals surface area contributed by atoms with Crippen LogP contribution in [0, 0.1) is 0 Å². The Balaban J connectivity index is 1.31. The standard InChI is InChI=1S/C25H26N4O5/c1-2-16(11-24(31)32)27-23(30)14-29-13-17(12-26-29)28-25(33)34-15-22-20-9-5-3-7-18(20)19-8-4-6-10-21(19)22/h3-10,12-13,16,22H,2,11,14-15H2,1H3,(H,27,30)(H,28,33)(H,31,32)/t16-/m0/s1.